The van der Waals surface area contributed by atoms with Crippen LogP contribution in [0.15, 0.2) is 70.0 Å². The summed E-state index contributed by atoms with van der Waals surface area (Å²) in [5.41, 5.74) is 2.39. The third kappa shape index (κ3) is 6.23. The lowest BCUT2D eigenvalue weighted by atomic mass is 10.1. The van der Waals surface area contributed by atoms with Crippen molar-refractivity contribution in [2.24, 2.45) is 0 Å². The first-order valence-electron chi connectivity index (χ1n) is 10.8. The van der Waals surface area contributed by atoms with Crippen LogP contribution in [0.4, 0.5) is 4.79 Å². The van der Waals surface area contributed by atoms with E-state index < -0.39 is 11.1 Å². The molecule has 0 saturated carbocycles. The minimum absolute atomic E-state index is 0.189. The molecule has 186 valence electrons. The van der Waals surface area contributed by atoms with Gasteiger partial charge in [-0.2, -0.15) is 5.26 Å². The van der Waals surface area contributed by atoms with Gasteiger partial charge in [0, 0.05) is 10.6 Å². The van der Waals surface area contributed by atoms with Gasteiger partial charge in [0.25, 0.3) is 11.1 Å². The number of thioether (sulfide) groups is 1. The molecule has 4 rings (SSSR count). The molecule has 0 bridgehead atoms. The van der Waals surface area contributed by atoms with Crippen LogP contribution in [-0.2, 0) is 11.4 Å². The smallest absolute Gasteiger partial charge is 0.293 e. The van der Waals surface area contributed by atoms with Gasteiger partial charge in [0.05, 0.1) is 34.7 Å². The monoisotopic (exact) mass is 596 g/mol. The van der Waals surface area contributed by atoms with Crippen molar-refractivity contribution >= 4 is 62.3 Å². The van der Waals surface area contributed by atoms with E-state index >= 15 is 0 Å². The summed E-state index contributed by atoms with van der Waals surface area (Å²) in [6, 6.07) is 18.8. The van der Waals surface area contributed by atoms with Crippen molar-refractivity contribution in [3.8, 4) is 17.6 Å². The van der Waals surface area contributed by atoms with E-state index in [0.29, 0.717) is 37.7 Å². The third-order valence-corrected chi connectivity index (χ3v) is 7.11. The second-order valence-electron chi connectivity index (χ2n) is 7.83. The Labute approximate surface area is 230 Å². The summed E-state index contributed by atoms with van der Waals surface area (Å²) >= 11 is 10.1. The first-order valence-corrected chi connectivity index (χ1v) is 12.8. The van der Waals surface area contributed by atoms with Crippen molar-refractivity contribution in [1.82, 2.24) is 4.90 Å². The Kier molecular flexibility index (Phi) is 8.34. The molecule has 10 heteroatoms. The topological polar surface area (TPSA) is 96.7 Å². The predicted molar refractivity (Wildman–Crippen MR) is 145 cm³/mol. The molecule has 0 unspecified atom stereocenters. The molecule has 1 aliphatic heterocycles. The minimum atomic E-state index is -0.548. The zero-order valence-corrected chi connectivity index (χ0v) is 22.5. The Balaban J connectivity index is 1.49. The molecule has 37 heavy (non-hydrogen) atoms. The van der Waals surface area contributed by atoms with Crippen LogP contribution in [0.5, 0.6) is 11.5 Å². The van der Waals surface area contributed by atoms with E-state index in [2.05, 4.69) is 22.0 Å². The van der Waals surface area contributed by atoms with Crippen LogP contribution in [0.2, 0.25) is 5.02 Å². The molecule has 1 fully saturated rings. The van der Waals surface area contributed by atoms with E-state index in [-0.39, 0.29) is 23.8 Å². The number of amides is 2. The van der Waals surface area contributed by atoms with E-state index in [0.717, 1.165) is 22.2 Å². The first-order chi connectivity index (χ1) is 17.8. The fourth-order valence-corrected chi connectivity index (χ4v) is 4.99. The van der Waals surface area contributed by atoms with Crippen LogP contribution in [0.25, 0.3) is 6.08 Å². The number of hydrogen-bond acceptors (Lipinski definition) is 7. The number of ether oxygens (including phenoxy) is 2. The molecule has 1 aliphatic rings. The van der Waals surface area contributed by atoms with Crippen LogP contribution >= 0.6 is 39.3 Å². The Bertz CT molecular complexity index is 1450. The summed E-state index contributed by atoms with van der Waals surface area (Å²) in [7, 11) is 1.50. The molecular weight excluding hydrogens is 580 g/mol. The molecule has 7 nitrogen and oxygen atoms in total. The van der Waals surface area contributed by atoms with Gasteiger partial charge in [-0.25, -0.2) is 0 Å². The summed E-state index contributed by atoms with van der Waals surface area (Å²) < 4.78 is 12.0. The molecule has 0 spiro atoms. The number of methoxy groups -OCH3 is 1. The van der Waals surface area contributed by atoms with Gasteiger partial charge >= 0.3 is 0 Å². The summed E-state index contributed by atoms with van der Waals surface area (Å²) in [6.07, 6.45) is 1.56. The Morgan fingerprint density at radius 1 is 1.14 bits per heavy atom. The summed E-state index contributed by atoms with van der Waals surface area (Å²) in [5, 5.41) is 8.90. The van der Waals surface area contributed by atoms with Gasteiger partial charge in [-0.15, -0.1) is 0 Å². The second kappa shape index (κ2) is 11.6. The number of Topliss-reactive ketones (excluding diaryl/α,β-unsaturated/α-hetero) is 1. The molecule has 0 aliphatic carbocycles. The van der Waals surface area contributed by atoms with Crippen LogP contribution in [0.3, 0.4) is 0 Å². The lowest BCUT2D eigenvalue weighted by molar-refractivity contribution is -0.122. The highest BCUT2D eigenvalue weighted by molar-refractivity contribution is 9.10. The highest BCUT2D eigenvalue weighted by atomic mass is 79.9. The maximum Gasteiger partial charge on any atom is 0.293 e. The van der Waals surface area contributed by atoms with Crippen molar-refractivity contribution in [3.05, 3.63) is 97.3 Å². The SMILES string of the molecule is COc1cc(/C=C2/SC(=O)N(CC(=O)c3ccc(Cl)cc3)C2=O)cc(Br)c1OCc1ccc(C#N)cc1. The van der Waals surface area contributed by atoms with Crippen molar-refractivity contribution in [1.29, 1.82) is 5.26 Å². The molecule has 0 N–H and O–H groups in total. The van der Waals surface area contributed by atoms with E-state index in [1.165, 1.54) is 7.11 Å². The molecule has 2 amide bonds. The van der Waals surface area contributed by atoms with Crippen molar-refractivity contribution < 1.29 is 23.9 Å². The van der Waals surface area contributed by atoms with Gasteiger partial charge in [0.15, 0.2) is 17.3 Å². The van der Waals surface area contributed by atoms with Gasteiger partial charge in [-0.3, -0.25) is 19.3 Å². The van der Waals surface area contributed by atoms with Crippen LogP contribution in [0, 0.1) is 11.3 Å². The molecule has 3 aromatic rings. The van der Waals surface area contributed by atoms with Crippen molar-refractivity contribution in [2.45, 2.75) is 6.61 Å². The van der Waals surface area contributed by atoms with Gasteiger partial charge in [-0.05, 0) is 93.4 Å². The normalized spacial score (nSPS) is 14.1. The molecular formula is C27H18BrClN2O5S. The number of benzene rings is 3. The molecule has 1 saturated heterocycles. The van der Waals surface area contributed by atoms with Crippen LogP contribution in [0.1, 0.15) is 27.0 Å². The van der Waals surface area contributed by atoms with Gasteiger partial charge in [0.1, 0.15) is 6.61 Å². The Morgan fingerprint density at radius 3 is 2.49 bits per heavy atom. The number of imide groups is 1. The summed E-state index contributed by atoms with van der Waals surface area (Å²) in [5.74, 6) is -0.0287. The molecule has 0 radical (unpaired) electrons. The fourth-order valence-electron chi connectivity index (χ4n) is 3.45. The zero-order valence-electron chi connectivity index (χ0n) is 19.4. The number of ketones is 1. The Hall–Kier alpha value is -3.58. The number of nitriles is 1. The Morgan fingerprint density at radius 2 is 1.84 bits per heavy atom. The maximum absolute atomic E-state index is 12.9. The standard InChI is InChI=1S/C27H18BrClN2O5S/c1-35-23-11-18(10-21(28)25(23)36-15-17-4-2-16(13-30)3-5-17)12-24-26(33)31(27(34)37-24)14-22(32)19-6-8-20(29)9-7-19/h2-12H,14-15H2,1H3/b24-12+. The van der Waals surface area contributed by atoms with Crippen LogP contribution in [-0.4, -0.2) is 35.5 Å². The molecule has 1 heterocycles. The largest absolute Gasteiger partial charge is 0.493 e. The molecule has 3 aromatic carbocycles. The number of halogens is 2. The van der Waals surface area contributed by atoms with Gasteiger partial charge in [-0.1, -0.05) is 23.7 Å². The molecule has 0 aromatic heterocycles. The predicted octanol–water partition coefficient (Wildman–Crippen LogP) is 6.48. The van der Waals surface area contributed by atoms with Gasteiger partial charge < -0.3 is 9.47 Å². The average Bonchev–Trinajstić information content (AvgIpc) is 3.15. The first kappa shape index (κ1) is 26.5. The lowest BCUT2D eigenvalue weighted by Crippen LogP contribution is -2.33. The number of hydrogen-bond donors (Lipinski definition) is 0. The zero-order chi connectivity index (χ0) is 26.5. The summed E-state index contributed by atoms with van der Waals surface area (Å²) in [4.78, 5) is 39.1. The van der Waals surface area contributed by atoms with E-state index in [9.17, 15) is 14.4 Å². The van der Waals surface area contributed by atoms with Crippen molar-refractivity contribution in [3.63, 3.8) is 0 Å². The highest BCUT2D eigenvalue weighted by Gasteiger charge is 2.36. The van der Waals surface area contributed by atoms with Crippen LogP contribution < -0.4 is 9.47 Å². The van der Waals surface area contributed by atoms with Gasteiger partial charge in [0.2, 0.25) is 0 Å². The number of carbonyl (C=O) groups excluding carboxylic acids is 3. The highest BCUT2D eigenvalue weighted by Crippen LogP contribution is 2.39. The van der Waals surface area contributed by atoms with E-state index in [1.807, 2.05) is 0 Å². The fraction of sp³-hybridized carbons (Fsp3) is 0.111. The van der Waals surface area contributed by atoms with E-state index in [4.69, 9.17) is 26.3 Å². The van der Waals surface area contributed by atoms with E-state index in [1.54, 1.807) is 66.7 Å². The lowest BCUT2D eigenvalue weighted by Gasteiger charge is -2.14. The average molecular weight is 598 g/mol. The minimum Gasteiger partial charge on any atom is -0.493 e. The second-order valence-corrected chi connectivity index (χ2v) is 10.1. The van der Waals surface area contributed by atoms with Crippen molar-refractivity contribution in [2.75, 3.05) is 13.7 Å². The quantitative estimate of drug-likeness (QED) is 0.217. The number of nitrogens with zero attached hydrogens (tertiary/aromatic N) is 2. The number of carbonyl (C=O) groups is 3. The summed E-state index contributed by atoms with van der Waals surface area (Å²) in [6.45, 7) is -0.112. The number of rotatable bonds is 8. The third-order valence-electron chi connectivity index (χ3n) is 5.36. The maximum atomic E-state index is 12.9. The molecule has 0 atom stereocenters.